The molecule has 0 radical (unpaired) electrons. The lowest BCUT2D eigenvalue weighted by molar-refractivity contribution is -0.133. The molecule has 4 rings (SSSR count). The van der Waals surface area contributed by atoms with Crippen molar-refractivity contribution in [2.45, 2.75) is 91.4 Å². The van der Waals surface area contributed by atoms with Crippen molar-refractivity contribution in [2.75, 3.05) is 0 Å². The average Bonchev–Trinajstić information content (AvgIpc) is 2.92. The van der Waals surface area contributed by atoms with Crippen molar-refractivity contribution < 1.29 is 9.59 Å². The zero-order valence-corrected chi connectivity index (χ0v) is 17.0. The molecule has 0 aromatic rings. The van der Waals surface area contributed by atoms with Crippen molar-refractivity contribution >= 4 is 11.6 Å². The molecule has 3 fully saturated rings. The summed E-state index contributed by atoms with van der Waals surface area (Å²) < 4.78 is 0. The van der Waals surface area contributed by atoms with Crippen molar-refractivity contribution in [3.63, 3.8) is 0 Å². The standard InChI is InChI=1S/C24H36O2/c1-4-5-6-7-16-14-18-19-8-9-22(26)24(19,3)13-11-20(18)23(2)12-10-17(25)15-21(16)23/h15-16,18-20H,4-14H2,1-3H3/t16?,18-,19-,20-,23+,24-/m0/s1. The van der Waals surface area contributed by atoms with Crippen LogP contribution >= 0.6 is 0 Å². The fourth-order valence-electron chi connectivity index (χ4n) is 7.47. The summed E-state index contributed by atoms with van der Waals surface area (Å²) in [5.41, 5.74) is 1.66. The van der Waals surface area contributed by atoms with Crippen LogP contribution in [0.4, 0.5) is 0 Å². The molecule has 26 heavy (non-hydrogen) atoms. The molecule has 2 heteroatoms. The van der Waals surface area contributed by atoms with Crippen LogP contribution in [0.2, 0.25) is 0 Å². The smallest absolute Gasteiger partial charge is 0.155 e. The summed E-state index contributed by atoms with van der Waals surface area (Å²) in [7, 11) is 0. The van der Waals surface area contributed by atoms with Gasteiger partial charge in [-0.1, -0.05) is 45.6 Å². The topological polar surface area (TPSA) is 34.1 Å². The molecule has 0 amide bonds. The fourth-order valence-corrected chi connectivity index (χ4v) is 7.47. The molecule has 144 valence electrons. The minimum Gasteiger partial charge on any atom is -0.299 e. The predicted octanol–water partition coefficient (Wildman–Crippen LogP) is 5.89. The van der Waals surface area contributed by atoms with Crippen LogP contribution in [0, 0.1) is 34.5 Å². The molecule has 0 heterocycles. The number of Topliss-reactive ketones (excluding diaryl/α,β-unsaturated/α-hetero) is 1. The quantitative estimate of drug-likeness (QED) is 0.588. The Morgan fingerprint density at radius 3 is 2.54 bits per heavy atom. The van der Waals surface area contributed by atoms with E-state index in [0.29, 0.717) is 35.2 Å². The van der Waals surface area contributed by atoms with Crippen LogP contribution in [-0.2, 0) is 9.59 Å². The molecule has 3 saturated carbocycles. The molecule has 4 aliphatic rings. The maximum Gasteiger partial charge on any atom is 0.155 e. The molecule has 0 aromatic heterocycles. The van der Waals surface area contributed by atoms with Crippen LogP contribution in [0.1, 0.15) is 91.4 Å². The molecule has 4 aliphatic carbocycles. The third-order valence-electron chi connectivity index (χ3n) is 8.98. The molecule has 0 aromatic carbocycles. The minimum atomic E-state index is -0.0444. The van der Waals surface area contributed by atoms with E-state index in [4.69, 9.17) is 0 Å². The van der Waals surface area contributed by atoms with Gasteiger partial charge in [0.15, 0.2) is 5.78 Å². The van der Waals surface area contributed by atoms with Gasteiger partial charge < -0.3 is 0 Å². The summed E-state index contributed by atoms with van der Waals surface area (Å²) in [6, 6.07) is 0. The summed E-state index contributed by atoms with van der Waals surface area (Å²) in [6.07, 6.45) is 14.3. The maximum atomic E-state index is 12.6. The first-order valence-electron chi connectivity index (χ1n) is 11.2. The van der Waals surface area contributed by atoms with Gasteiger partial charge in [0.2, 0.25) is 0 Å². The largest absolute Gasteiger partial charge is 0.299 e. The van der Waals surface area contributed by atoms with E-state index < -0.39 is 0 Å². The Morgan fingerprint density at radius 1 is 1.00 bits per heavy atom. The van der Waals surface area contributed by atoms with Crippen LogP contribution in [-0.4, -0.2) is 11.6 Å². The summed E-state index contributed by atoms with van der Waals surface area (Å²) in [6.45, 7) is 7.00. The Kier molecular flexibility index (Phi) is 4.68. The Hall–Kier alpha value is -0.920. The van der Waals surface area contributed by atoms with E-state index >= 15 is 0 Å². The zero-order chi connectivity index (χ0) is 18.5. The van der Waals surface area contributed by atoms with E-state index in [1.54, 1.807) is 0 Å². The normalized spacial score (nSPS) is 45.0. The second-order valence-corrected chi connectivity index (χ2v) is 10.2. The molecule has 6 atom stereocenters. The third kappa shape index (κ3) is 2.66. The van der Waals surface area contributed by atoms with E-state index in [0.717, 1.165) is 32.1 Å². The van der Waals surface area contributed by atoms with E-state index in [1.165, 1.54) is 44.1 Å². The van der Waals surface area contributed by atoms with E-state index in [1.807, 2.05) is 0 Å². The van der Waals surface area contributed by atoms with Crippen LogP contribution in [0.15, 0.2) is 11.6 Å². The maximum absolute atomic E-state index is 12.6. The van der Waals surface area contributed by atoms with Crippen LogP contribution < -0.4 is 0 Å². The first kappa shape index (κ1) is 18.4. The monoisotopic (exact) mass is 356 g/mol. The number of rotatable bonds is 4. The number of hydrogen-bond donors (Lipinski definition) is 0. The van der Waals surface area contributed by atoms with Gasteiger partial charge in [0.25, 0.3) is 0 Å². The number of unbranched alkanes of at least 4 members (excludes halogenated alkanes) is 2. The van der Waals surface area contributed by atoms with Gasteiger partial charge in [0, 0.05) is 18.3 Å². The summed E-state index contributed by atoms with van der Waals surface area (Å²) in [5.74, 6) is 3.45. The van der Waals surface area contributed by atoms with E-state index in [9.17, 15) is 9.59 Å². The molecular formula is C24H36O2. The van der Waals surface area contributed by atoms with Crippen LogP contribution in [0.5, 0.6) is 0 Å². The van der Waals surface area contributed by atoms with Gasteiger partial charge in [0.1, 0.15) is 5.78 Å². The van der Waals surface area contributed by atoms with Crippen LogP contribution in [0.3, 0.4) is 0 Å². The minimum absolute atomic E-state index is 0.0444. The molecular weight excluding hydrogens is 320 g/mol. The predicted molar refractivity (Wildman–Crippen MR) is 105 cm³/mol. The summed E-state index contributed by atoms with van der Waals surface area (Å²) in [5, 5.41) is 0. The van der Waals surface area contributed by atoms with Gasteiger partial charge in [-0.2, -0.15) is 0 Å². The van der Waals surface area contributed by atoms with Crippen molar-refractivity contribution in [3.8, 4) is 0 Å². The summed E-state index contributed by atoms with van der Waals surface area (Å²) >= 11 is 0. The molecule has 1 unspecified atom stereocenters. The fraction of sp³-hybridized carbons (Fsp3) is 0.833. The Balaban J connectivity index is 1.68. The molecule has 2 nitrogen and oxygen atoms in total. The lowest BCUT2D eigenvalue weighted by Gasteiger charge is -2.59. The number of carbonyl (C=O) groups excluding carboxylic acids is 2. The molecule has 0 saturated heterocycles. The summed E-state index contributed by atoms with van der Waals surface area (Å²) in [4.78, 5) is 24.9. The van der Waals surface area contributed by atoms with Gasteiger partial charge in [0.05, 0.1) is 0 Å². The number of fused-ring (bicyclic) bond motifs is 5. The first-order chi connectivity index (χ1) is 12.4. The van der Waals surface area contributed by atoms with Gasteiger partial charge in [-0.25, -0.2) is 0 Å². The SMILES string of the molecule is CCCCCC1C[C@@H]2[C@H](CC[C@]3(C)C(=O)CC[C@@H]23)[C@@]2(C)CCC(=O)C=C12. The van der Waals surface area contributed by atoms with Gasteiger partial charge in [-0.15, -0.1) is 0 Å². The van der Waals surface area contributed by atoms with Gasteiger partial charge in [-0.3, -0.25) is 9.59 Å². The number of ketones is 2. The highest BCUT2D eigenvalue weighted by Crippen LogP contribution is 2.65. The molecule has 0 spiro atoms. The Labute approximate surface area is 159 Å². The van der Waals surface area contributed by atoms with E-state index in [2.05, 4.69) is 26.8 Å². The van der Waals surface area contributed by atoms with Gasteiger partial charge >= 0.3 is 0 Å². The average molecular weight is 357 g/mol. The van der Waals surface area contributed by atoms with Crippen molar-refractivity contribution in [1.29, 1.82) is 0 Å². The van der Waals surface area contributed by atoms with Crippen molar-refractivity contribution in [2.24, 2.45) is 34.5 Å². The van der Waals surface area contributed by atoms with E-state index in [-0.39, 0.29) is 10.8 Å². The van der Waals surface area contributed by atoms with Crippen LogP contribution in [0.25, 0.3) is 0 Å². The molecule has 0 aliphatic heterocycles. The lowest BCUT2D eigenvalue weighted by Crippen LogP contribution is -2.52. The van der Waals surface area contributed by atoms with Gasteiger partial charge in [-0.05, 0) is 73.7 Å². The first-order valence-corrected chi connectivity index (χ1v) is 11.2. The van der Waals surface area contributed by atoms with Crippen molar-refractivity contribution in [3.05, 3.63) is 11.6 Å². The highest BCUT2D eigenvalue weighted by molar-refractivity contribution is 5.92. The zero-order valence-electron chi connectivity index (χ0n) is 17.0. The highest BCUT2D eigenvalue weighted by Gasteiger charge is 2.60. The molecule has 0 bridgehead atoms. The lowest BCUT2D eigenvalue weighted by atomic mass is 9.45. The molecule has 0 N–H and O–H groups in total. The number of allylic oxidation sites excluding steroid dienone is 1. The number of carbonyl (C=O) groups is 2. The number of hydrogen-bond acceptors (Lipinski definition) is 2. The second kappa shape index (κ2) is 6.60. The Bertz CT molecular complexity index is 632. The highest BCUT2D eigenvalue weighted by atomic mass is 16.1. The third-order valence-corrected chi connectivity index (χ3v) is 8.98. The Morgan fingerprint density at radius 2 is 1.77 bits per heavy atom. The second-order valence-electron chi connectivity index (χ2n) is 10.2. The van der Waals surface area contributed by atoms with Crippen molar-refractivity contribution in [1.82, 2.24) is 0 Å².